The van der Waals surface area contributed by atoms with Gasteiger partial charge in [-0.2, -0.15) is 0 Å². The smallest absolute Gasteiger partial charge is 0.306 e. The number of aliphatic hydroxyl groups is 2. The summed E-state index contributed by atoms with van der Waals surface area (Å²) in [4.78, 5) is 26.1. The van der Waals surface area contributed by atoms with Crippen LogP contribution < -0.4 is 5.32 Å². The average Bonchev–Trinajstić information content (AvgIpc) is 3.24. The zero-order chi connectivity index (χ0) is 43.8. The molecule has 6 heteroatoms. The van der Waals surface area contributed by atoms with Crippen LogP contribution in [0.2, 0.25) is 0 Å². The van der Waals surface area contributed by atoms with Crippen molar-refractivity contribution in [1.82, 2.24) is 5.32 Å². The molecule has 3 atom stereocenters. The maximum Gasteiger partial charge on any atom is 0.306 e. The second-order valence-corrected chi connectivity index (χ2v) is 18.3. The van der Waals surface area contributed by atoms with Crippen molar-refractivity contribution in [1.29, 1.82) is 0 Å². The number of rotatable bonds is 48. The lowest BCUT2D eigenvalue weighted by molar-refractivity contribution is -0.151. The van der Waals surface area contributed by atoms with E-state index in [1.165, 1.54) is 173 Å². The largest absolute Gasteiger partial charge is 0.462 e. The SMILES string of the molecule is CCCCCCCCC/C=C\CCCC(CC(=O)NC(CO)C(O)CCCCCCCCCCCCCCC)OC(=O)CCCCCCC/C=C/CCCCCCCCC. The first-order valence-electron chi connectivity index (χ1n) is 26.6. The van der Waals surface area contributed by atoms with E-state index in [9.17, 15) is 19.8 Å². The van der Waals surface area contributed by atoms with Crippen LogP contribution in [0.4, 0.5) is 0 Å². The fourth-order valence-electron chi connectivity index (χ4n) is 8.19. The lowest BCUT2D eigenvalue weighted by atomic mass is 10.0. The third-order valence-corrected chi connectivity index (χ3v) is 12.3. The van der Waals surface area contributed by atoms with E-state index < -0.39 is 18.2 Å². The van der Waals surface area contributed by atoms with Crippen LogP contribution in [0.15, 0.2) is 24.3 Å². The molecule has 354 valence electrons. The first-order chi connectivity index (χ1) is 29.5. The summed E-state index contributed by atoms with van der Waals surface area (Å²) in [6.45, 7) is 6.48. The minimum absolute atomic E-state index is 0.0575. The van der Waals surface area contributed by atoms with Crippen molar-refractivity contribution in [2.75, 3.05) is 6.61 Å². The highest BCUT2D eigenvalue weighted by molar-refractivity contribution is 5.77. The van der Waals surface area contributed by atoms with Crippen LogP contribution in [0, 0.1) is 0 Å². The summed E-state index contributed by atoms with van der Waals surface area (Å²) in [6.07, 6.45) is 55.3. The molecule has 0 heterocycles. The Labute approximate surface area is 373 Å². The lowest BCUT2D eigenvalue weighted by Gasteiger charge is -2.24. The molecule has 0 fully saturated rings. The molecule has 3 N–H and O–H groups in total. The second-order valence-electron chi connectivity index (χ2n) is 18.3. The molecule has 0 aliphatic carbocycles. The number of nitrogens with one attached hydrogen (secondary N) is 1. The van der Waals surface area contributed by atoms with E-state index >= 15 is 0 Å². The number of allylic oxidation sites excluding steroid dienone is 4. The van der Waals surface area contributed by atoms with E-state index in [0.717, 1.165) is 64.2 Å². The Balaban J connectivity index is 4.55. The van der Waals surface area contributed by atoms with Gasteiger partial charge in [0, 0.05) is 6.42 Å². The number of hydrogen-bond donors (Lipinski definition) is 3. The molecule has 0 aromatic heterocycles. The Kier molecular flexibility index (Phi) is 47.0. The van der Waals surface area contributed by atoms with Crippen molar-refractivity contribution >= 4 is 11.9 Å². The normalized spacial score (nSPS) is 13.3. The molecule has 0 rings (SSSR count). The monoisotopic (exact) mass is 846 g/mol. The van der Waals surface area contributed by atoms with Gasteiger partial charge in [0.05, 0.1) is 25.2 Å². The minimum atomic E-state index is -0.792. The number of esters is 1. The first-order valence-corrected chi connectivity index (χ1v) is 26.6. The molecular weight excluding hydrogens is 743 g/mol. The Morgan fingerprint density at radius 3 is 1.22 bits per heavy atom. The molecule has 0 aromatic carbocycles. The summed E-state index contributed by atoms with van der Waals surface area (Å²) in [6, 6.07) is -0.707. The molecule has 0 bridgehead atoms. The quantitative estimate of drug-likeness (QED) is 0.0322. The van der Waals surface area contributed by atoms with Crippen molar-refractivity contribution in [2.24, 2.45) is 0 Å². The Morgan fingerprint density at radius 1 is 0.467 bits per heavy atom. The highest BCUT2D eigenvalue weighted by Gasteiger charge is 2.24. The number of aliphatic hydroxyl groups excluding tert-OH is 2. The summed E-state index contributed by atoms with van der Waals surface area (Å²) in [5, 5.41) is 23.8. The molecule has 0 radical (unpaired) electrons. The van der Waals surface area contributed by atoms with E-state index in [1.54, 1.807) is 0 Å². The van der Waals surface area contributed by atoms with Gasteiger partial charge in [-0.1, -0.05) is 225 Å². The summed E-state index contributed by atoms with van der Waals surface area (Å²) in [5.41, 5.74) is 0. The number of carbonyl (C=O) groups excluding carboxylic acids is 2. The number of unbranched alkanes of at least 4 members (excludes halogenated alkanes) is 32. The van der Waals surface area contributed by atoms with Crippen LogP contribution in [0.5, 0.6) is 0 Å². The molecule has 0 aliphatic heterocycles. The summed E-state index contributed by atoms with van der Waals surface area (Å²) < 4.78 is 5.92. The van der Waals surface area contributed by atoms with Crippen molar-refractivity contribution < 1.29 is 24.5 Å². The molecule has 6 nitrogen and oxygen atoms in total. The van der Waals surface area contributed by atoms with Gasteiger partial charge in [0.2, 0.25) is 5.91 Å². The summed E-state index contributed by atoms with van der Waals surface area (Å²) in [7, 11) is 0. The maximum atomic E-state index is 13.2. The third kappa shape index (κ3) is 43.0. The average molecular weight is 846 g/mol. The minimum Gasteiger partial charge on any atom is -0.462 e. The van der Waals surface area contributed by atoms with E-state index in [-0.39, 0.29) is 24.9 Å². The number of hydrogen-bond acceptors (Lipinski definition) is 5. The fraction of sp³-hybridized carbons (Fsp3) is 0.889. The van der Waals surface area contributed by atoms with Crippen molar-refractivity contribution in [3.05, 3.63) is 24.3 Å². The molecular formula is C54H103NO5. The van der Waals surface area contributed by atoms with Gasteiger partial charge in [-0.25, -0.2) is 0 Å². The highest BCUT2D eigenvalue weighted by atomic mass is 16.5. The molecule has 0 aromatic rings. The molecule has 1 amide bonds. The van der Waals surface area contributed by atoms with E-state index in [1.807, 2.05) is 0 Å². The van der Waals surface area contributed by atoms with Gasteiger partial charge < -0.3 is 20.3 Å². The summed E-state index contributed by atoms with van der Waals surface area (Å²) in [5.74, 6) is -0.501. The van der Waals surface area contributed by atoms with E-state index in [2.05, 4.69) is 50.4 Å². The summed E-state index contributed by atoms with van der Waals surface area (Å²) >= 11 is 0. The van der Waals surface area contributed by atoms with Crippen LogP contribution in [0.1, 0.15) is 284 Å². The van der Waals surface area contributed by atoms with Crippen LogP contribution in [0.25, 0.3) is 0 Å². The van der Waals surface area contributed by atoms with Gasteiger partial charge in [-0.15, -0.1) is 0 Å². The molecule has 60 heavy (non-hydrogen) atoms. The van der Waals surface area contributed by atoms with Gasteiger partial charge in [-0.05, 0) is 70.6 Å². The van der Waals surface area contributed by atoms with Gasteiger partial charge in [-0.3, -0.25) is 9.59 Å². The maximum absolute atomic E-state index is 13.2. The second kappa shape index (κ2) is 48.4. The molecule has 0 aliphatic rings. The van der Waals surface area contributed by atoms with Gasteiger partial charge in [0.15, 0.2) is 0 Å². The molecule has 0 saturated carbocycles. The van der Waals surface area contributed by atoms with Crippen LogP contribution in [0.3, 0.4) is 0 Å². The standard InChI is InChI=1S/C54H103NO5/c1-4-7-10-13-16-19-22-25-26-27-29-32-35-38-41-44-47-54(59)60-50(45-42-39-36-33-30-24-21-18-15-12-9-6-3)48-53(58)55-51(49-56)52(57)46-43-40-37-34-31-28-23-20-17-14-11-8-5-2/h26-27,33,36,50-52,56-57H,4-25,28-32,34-35,37-49H2,1-3H3,(H,55,58)/b27-26+,36-33-. The van der Waals surface area contributed by atoms with Crippen molar-refractivity contribution in [2.45, 2.75) is 302 Å². The molecule has 0 spiro atoms. The van der Waals surface area contributed by atoms with Crippen molar-refractivity contribution in [3.8, 4) is 0 Å². The number of ether oxygens (including phenoxy) is 1. The van der Waals surface area contributed by atoms with Gasteiger partial charge in [0.1, 0.15) is 6.10 Å². The predicted molar refractivity (Wildman–Crippen MR) is 260 cm³/mol. The lowest BCUT2D eigenvalue weighted by Crippen LogP contribution is -2.46. The number of carbonyl (C=O) groups is 2. The highest BCUT2D eigenvalue weighted by Crippen LogP contribution is 2.17. The Bertz CT molecular complexity index is 950. The fourth-order valence-corrected chi connectivity index (χ4v) is 8.19. The van der Waals surface area contributed by atoms with E-state index in [0.29, 0.717) is 19.3 Å². The first kappa shape index (κ1) is 58.3. The van der Waals surface area contributed by atoms with Gasteiger partial charge >= 0.3 is 5.97 Å². The third-order valence-electron chi connectivity index (χ3n) is 12.3. The predicted octanol–water partition coefficient (Wildman–Crippen LogP) is 15.9. The number of amides is 1. The van der Waals surface area contributed by atoms with Gasteiger partial charge in [0.25, 0.3) is 0 Å². The molecule has 3 unspecified atom stereocenters. The molecule has 0 saturated heterocycles. The zero-order valence-electron chi connectivity index (χ0n) is 40.4. The van der Waals surface area contributed by atoms with Crippen LogP contribution in [-0.2, 0) is 14.3 Å². The Morgan fingerprint density at radius 2 is 0.817 bits per heavy atom. The zero-order valence-corrected chi connectivity index (χ0v) is 40.4. The topological polar surface area (TPSA) is 95.9 Å². The Hall–Kier alpha value is -1.66. The van der Waals surface area contributed by atoms with Crippen LogP contribution in [-0.4, -0.2) is 46.9 Å². The van der Waals surface area contributed by atoms with Crippen LogP contribution >= 0.6 is 0 Å². The van der Waals surface area contributed by atoms with Crippen molar-refractivity contribution in [3.63, 3.8) is 0 Å². The van der Waals surface area contributed by atoms with E-state index in [4.69, 9.17) is 4.74 Å².